The number of nitrogens with zero attached hydrogens (tertiary/aromatic N) is 1. The van der Waals surface area contributed by atoms with Gasteiger partial charge in [-0.1, -0.05) is 0 Å². The third-order valence-corrected chi connectivity index (χ3v) is 3.90. The number of nitro groups is 1. The molecule has 9 heteroatoms. The van der Waals surface area contributed by atoms with Crippen molar-refractivity contribution in [3.8, 4) is 5.06 Å². The molecule has 0 aliphatic rings. The number of hydrogen-bond acceptors (Lipinski definition) is 7. The Morgan fingerprint density at radius 2 is 2.14 bits per heavy atom. The molecule has 0 saturated heterocycles. The number of carbonyl (C=O) groups excluding carboxylic acids is 1. The summed E-state index contributed by atoms with van der Waals surface area (Å²) in [5.74, 6) is -5.17. The van der Waals surface area contributed by atoms with Gasteiger partial charge in [0.1, 0.15) is 0 Å². The molecular weight excluding hydrogens is 302 g/mol. The highest BCUT2D eigenvalue weighted by molar-refractivity contribution is 7.13. The maximum atomic E-state index is 11.8. The van der Waals surface area contributed by atoms with Crippen LogP contribution in [-0.4, -0.2) is 42.2 Å². The summed E-state index contributed by atoms with van der Waals surface area (Å²) in [5, 5.41) is 20.5. The van der Waals surface area contributed by atoms with Gasteiger partial charge < -0.3 is 14.6 Å². The molecule has 1 heterocycles. The summed E-state index contributed by atoms with van der Waals surface area (Å²) in [6.45, 7) is 0.856. The molecule has 0 aliphatic heterocycles. The lowest BCUT2D eigenvalue weighted by atomic mass is 9.91. The lowest BCUT2D eigenvalue weighted by Crippen LogP contribution is -2.34. The van der Waals surface area contributed by atoms with Crippen molar-refractivity contribution in [3.05, 3.63) is 27.1 Å². The van der Waals surface area contributed by atoms with E-state index in [1.807, 2.05) is 0 Å². The Morgan fingerprint density at radius 1 is 1.48 bits per heavy atom. The van der Waals surface area contributed by atoms with Gasteiger partial charge in [0.2, 0.25) is 6.54 Å². The number of carboxylic acids is 1. The van der Waals surface area contributed by atoms with E-state index in [9.17, 15) is 24.8 Å². The minimum Gasteiger partial charge on any atom is -0.487 e. The normalized spacial score (nSPS) is 13.2. The molecule has 2 atom stereocenters. The van der Waals surface area contributed by atoms with E-state index in [-0.39, 0.29) is 6.61 Å². The summed E-state index contributed by atoms with van der Waals surface area (Å²) >= 11 is 1.07. The molecule has 0 fully saturated rings. The first-order chi connectivity index (χ1) is 9.90. The van der Waals surface area contributed by atoms with Gasteiger partial charge in [0, 0.05) is 9.80 Å². The average Bonchev–Trinajstić information content (AvgIpc) is 2.85. The number of aliphatic carboxylic acids is 1. The highest BCUT2D eigenvalue weighted by atomic mass is 32.1. The van der Waals surface area contributed by atoms with Gasteiger partial charge in [-0.2, -0.15) is 0 Å². The smallest absolute Gasteiger partial charge is 0.321 e. The van der Waals surface area contributed by atoms with Crippen molar-refractivity contribution in [1.29, 1.82) is 0 Å². The van der Waals surface area contributed by atoms with Gasteiger partial charge in [-0.3, -0.25) is 19.7 Å². The topological polar surface area (TPSA) is 116 Å². The first kappa shape index (κ1) is 16.9. The van der Waals surface area contributed by atoms with Crippen LogP contribution >= 0.6 is 11.3 Å². The Hall–Kier alpha value is -2.16. The maximum Gasteiger partial charge on any atom is 0.321 e. The fraction of sp³-hybridized carbons (Fsp3) is 0.500. The van der Waals surface area contributed by atoms with Crippen molar-refractivity contribution in [1.82, 2.24) is 0 Å². The Labute approximate surface area is 124 Å². The second-order valence-corrected chi connectivity index (χ2v) is 5.13. The molecule has 0 aromatic carbocycles. The van der Waals surface area contributed by atoms with Gasteiger partial charge in [-0.05, 0) is 19.1 Å². The van der Waals surface area contributed by atoms with E-state index in [0.717, 1.165) is 11.3 Å². The molecule has 1 rings (SSSR count). The largest absolute Gasteiger partial charge is 0.487 e. The number of hydrogen-bond donors (Lipinski definition) is 1. The molecule has 0 aliphatic carbocycles. The van der Waals surface area contributed by atoms with E-state index in [0.29, 0.717) is 9.94 Å². The van der Waals surface area contributed by atoms with Gasteiger partial charge in [0.05, 0.1) is 19.6 Å². The lowest BCUT2D eigenvalue weighted by Gasteiger charge is -2.18. The summed E-state index contributed by atoms with van der Waals surface area (Å²) in [6.07, 6.45) is 0. The Bertz CT molecular complexity index is 527. The molecule has 1 aromatic rings. The number of esters is 1. The minimum absolute atomic E-state index is 0.00155. The third kappa shape index (κ3) is 4.42. The predicted octanol–water partition coefficient (Wildman–Crippen LogP) is 1.38. The van der Waals surface area contributed by atoms with Gasteiger partial charge >= 0.3 is 11.9 Å². The number of thiophene rings is 1. The van der Waals surface area contributed by atoms with Crippen molar-refractivity contribution < 1.29 is 29.1 Å². The van der Waals surface area contributed by atoms with Crippen LogP contribution in [0.25, 0.3) is 0 Å². The fourth-order valence-electron chi connectivity index (χ4n) is 1.83. The summed E-state index contributed by atoms with van der Waals surface area (Å²) in [6, 6.07) is 3.09. The third-order valence-electron chi connectivity index (χ3n) is 2.72. The van der Waals surface area contributed by atoms with E-state index in [1.165, 1.54) is 20.1 Å². The van der Waals surface area contributed by atoms with Crippen LogP contribution in [0.15, 0.2) is 12.1 Å². The zero-order chi connectivity index (χ0) is 16.0. The number of rotatable bonds is 8. The molecule has 0 radical (unpaired) electrons. The zero-order valence-corrected chi connectivity index (χ0v) is 12.3. The molecular formula is C12H15NO7S. The number of carboxylic acid groups (broad SMARTS) is 1. The van der Waals surface area contributed by atoms with Crippen molar-refractivity contribution >= 4 is 23.3 Å². The SMILES string of the molecule is CCOC(=O)C(C(=O)O)C(C[N+](=O)[O-])c1ccc(OC)s1. The number of carbonyl (C=O) groups is 2. The number of ether oxygens (including phenoxy) is 2. The summed E-state index contributed by atoms with van der Waals surface area (Å²) in [7, 11) is 1.43. The molecule has 1 N–H and O–H groups in total. The van der Waals surface area contributed by atoms with E-state index in [2.05, 4.69) is 0 Å². The second-order valence-electron chi connectivity index (χ2n) is 4.05. The van der Waals surface area contributed by atoms with Gasteiger partial charge in [0.15, 0.2) is 11.0 Å². The van der Waals surface area contributed by atoms with E-state index in [1.54, 1.807) is 6.07 Å². The summed E-state index contributed by atoms with van der Waals surface area (Å²) < 4.78 is 9.70. The van der Waals surface area contributed by atoms with Crippen molar-refractivity contribution in [2.45, 2.75) is 12.8 Å². The van der Waals surface area contributed by atoms with Crippen LogP contribution in [0.1, 0.15) is 17.7 Å². The van der Waals surface area contributed by atoms with E-state index >= 15 is 0 Å². The zero-order valence-electron chi connectivity index (χ0n) is 11.5. The van der Waals surface area contributed by atoms with Crippen LogP contribution in [0.3, 0.4) is 0 Å². The summed E-state index contributed by atoms with van der Waals surface area (Å²) in [5.41, 5.74) is 0. The maximum absolute atomic E-state index is 11.8. The molecule has 1 aromatic heterocycles. The minimum atomic E-state index is -1.63. The first-order valence-electron chi connectivity index (χ1n) is 6.05. The standard InChI is InChI=1S/C12H15NO7S/c1-3-20-12(16)10(11(14)15)7(6-13(17)18)8-4-5-9(19-2)21-8/h4-5,7,10H,3,6H2,1-2H3,(H,14,15). The van der Waals surface area contributed by atoms with Crippen LogP contribution in [0.5, 0.6) is 5.06 Å². The van der Waals surface area contributed by atoms with Crippen molar-refractivity contribution in [2.75, 3.05) is 20.3 Å². The quantitative estimate of drug-likeness (QED) is 0.333. The number of methoxy groups -OCH3 is 1. The highest BCUT2D eigenvalue weighted by Gasteiger charge is 2.41. The molecule has 0 amide bonds. The average molecular weight is 317 g/mol. The molecule has 21 heavy (non-hydrogen) atoms. The predicted molar refractivity (Wildman–Crippen MR) is 73.2 cm³/mol. The Kier molecular flexibility index (Phi) is 6.10. The van der Waals surface area contributed by atoms with Crippen LogP contribution in [-0.2, 0) is 14.3 Å². The monoisotopic (exact) mass is 317 g/mol. The summed E-state index contributed by atoms with van der Waals surface area (Å²) in [4.78, 5) is 33.7. The molecule has 116 valence electrons. The van der Waals surface area contributed by atoms with Gasteiger partial charge in [0.25, 0.3) is 0 Å². The molecule has 0 bridgehead atoms. The molecule has 0 saturated carbocycles. The van der Waals surface area contributed by atoms with Crippen molar-refractivity contribution in [2.24, 2.45) is 5.92 Å². The van der Waals surface area contributed by atoms with E-state index < -0.39 is 35.2 Å². The van der Waals surface area contributed by atoms with Crippen LogP contribution in [0, 0.1) is 16.0 Å². The van der Waals surface area contributed by atoms with Gasteiger partial charge in [-0.25, -0.2) is 0 Å². The first-order valence-corrected chi connectivity index (χ1v) is 6.87. The Morgan fingerprint density at radius 3 is 2.57 bits per heavy atom. The molecule has 2 unspecified atom stereocenters. The van der Waals surface area contributed by atoms with Gasteiger partial charge in [-0.15, -0.1) is 11.3 Å². The van der Waals surface area contributed by atoms with Crippen molar-refractivity contribution in [3.63, 3.8) is 0 Å². The highest BCUT2D eigenvalue weighted by Crippen LogP contribution is 2.35. The fourth-order valence-corrected chi connectivity index (χ4v) is 2.78. The van der Waals surface area contributed by atoms with E-state index in [4.69, 9.17) is 9.47 Å². The molecule has 0 spiro atoms. The second kappa shape index (κ2) is 7.58. The van der Waals surface area contributed by atoms with Crippen LogP contribution in [0.2, 0.25) is 0 Å². The Balaban J connectivity index is 3.16. The molecule has 8 nitrogen and oxygen atoms in total. The van der Waals surface area contributed by atoms with Crippen LogP contribution in [0.4, 0.5) is 0 Å². The lowest BCUT2D eigenvalue weighted by molar-refractivity contribution is -0.484. The van der Waals surface area contributed by atoms with Crippen LogP contribution < -0.4 is 4.74 Å².